The minimum absolute atomic E-state index is 0.939. The van der Waals surface area contributed by atoms with Gasteiger partial charge in [0.15, 0.2) is 0 Å². The SMILES string of the molecule is CC1CCC(C2=CC=CC3CC23)CC1. The van der Waals surface area contributed by atoms with E-state index in [9.17, 15) is 0 Å². The average Bonchev–Trinajstić information content (AvgIpc) is 2.97. The van der Waals surface area contributed by atoms with E-state index < -0.39 is 0 Å². The fourth-order valence-electron chi connectivity index (χ4n) is 3.28. The molecule has 0 aromatic rings. The minimum atomic E-state index is 0.939. The van der Waals surface area contributed by atoms with Crippen LogP contribution in [-0.2, 0) is 0 Å². The molecule has 0 aromatic heterocycles. The molecule has 2 unspecified atom stereocenters. The quantitative estimate of drug-likeness (QED) is 0.584. The lowest BCUT2D eigenvalue weighted by atomic mass is 9.77. The largest absolute Gasteiger partial charge is 0.0808 e. The summed E-state index contributed by atoms with van der Waals surface area (Å²) in [6.07, 6.45) is 14.4. The van der Waals surface area contributed by atoms with Crippen LogP contribution in [0.5, 0.6) is 0 Å². The van der Waals surface area contributed by atoms with E-state index in [1.807, 2.05) is 5.57 Å². The van der Waals surface area contributed by atoms with Crippen molar-refractivity contribution in [2.45, 2.75) is 39.0 Å². The highest BCUT2D eigenvalue weighted by atomic mass is 14.5. The Hall–Kier alpha value is -0.520. The maximum Gasteiger partial charge on any atom is -0.0128 e. The lowest BCUT2D eigenvalue weighted by molar-refractivity contribution is 0.313. The van der Waals surface area contributed by atoms with Gasteiger partial charge < -0.3 is 0 Å². The summed E-state index contributed by atoms with van der Waals surface area (Å²) in [4.78, 5) is 0. The second-order valence-electron chi connectivity index (χ2n) is 5.51. The van der Waals surface area contributed by atoms with Gasteiger partial charge in [0, 0.05) is 0 Å². The Balaban J connectivity index is 1.70. The van der Waals surface area contributed by atoms with E-state index in [-0.39, 0.29) is 0 Å². The Labute approximate surface area is 87.1 Å². The summed E-state index contributed by atoms with van der Waals surface area (Å²) in [6, 6.07) is 0. The van der Waals surface area contributed by atoms with E-state index >= 15 is 0 Å². The second-order valence-corrected chi connectivity index (χ2v) is 5.51. The topological polar surface area (TPSA) is 0 Å². The smallest absolute Gasteiger partial charge is 0.0128 e. The molecule has 0 radical (unpaired) electrons. The third-order valence-corrected chi connectivity index (χ3v) is 4.40. The summed E-state index contributed by atoms with van der Waals surface area (Å²) in [7, 11) is 0. The van der Waals surface area contributed by atoms with E-state index in [0.717, 1.165) is 23.7 Å². The highest BCUT2D eigenvalue weighted by Crippen LogP contribution is 2.52. The summed E-state index contributed by atoms with van der Waals surface area (Å²) in [6.45, 7) is 2.41. The Kier molecular flexibility index (Phi) is 2.04. The molecular weight excluding hydrogens is 168 g/mol. The highest BCUT2D eigenvalue weighted by Gasteiger charge is 2.41. The maximum atomic E-state index is 2.43. The molecule has 0 aliphatic heterocycles. The summed E-state index contributed by atoms with van der Waals surface area (Å²) < 4.78 is 0. The fraction of sp³-hybridized carbons (Fsp3) is 0.714. The molecule has 76 valence electrons. The van der Waals surface area contributed by atoms with Gasteiger partial charge in [0.05, 0.1) is 0 Å². The molecule has 2 saturated carbocycles. The predicted octanol–water partition coefficient (Wildman–Crippen LogP) is 3.95. The van der Waals surface area contributed by atoms with Crippen molar-refractivity contribution < 1.29 is 0 Å². The minimum Gasteiger partial charge on any atom is -0.0808 e. The van der Waals surface area contributed by atoms with Crippen molar-refractivity contribution in [3.8, 4) is 0 Å². The summed E-state index contributed by atoms with van der Waals surface area (Å²) in [5.41, 5.74) is 1.81. The molecule has 2 fully saturated rings. The molecule has 0 nitrogen and oxygen atoms in total. The van der Waals surface area contributed by atoms with Gasteiger partial charge in [-0.25, -0.2) is 0 Å². The Bertz CT molecular complexity index is 276. The first kappa shape index (κ1) is 8.76. The first-order chi connectivity index (χ1) is 6.84. The van der Waals surface area contributed by atoms with Crippen LogP contribution < -0.4 is 0 Å². The highest BCUT2D eigenvalue weighted by molar-refractivity contribution is 5.31. The molecule has 0 spiro atoms. The molecule has 14 heavy (non-hydrogen) atoms. The van der Waals surface area contributed by atoms with Gasteiger partial charge in [-0.1, -0.05) is 43.6 Å². The first-order valence-corrected chi connectivity index (χ1v) is 6.23. The molecule has 0 aromatic carbocycles. The van der Waals surface area contributed by atoms with Crippen molar-refractivity contribution >= 4 is 0 Å². The van der Waals surface area contributed by atoms with E-state index in [2.05, 4.69) is 25.2 Å². The first-order valence-electron chi connectivity index (χ1n) is 6.23. The Morgan fingerprint density at radius 2 is 1.93 bits per heavy atom. The van der Waals surface area contributed by atoms with Gasteiger partial charge in [-0.3, -0.25) is 0 Å². The molecule has 0 heterocycles. The summed E-state index contributed by atoms with van der Waals surface area (Å²) in [5, 5.41) is 0. The monoisotopic (exact) mass is 188 g/mol. The van der Waals surface area contributed by atoms with Crippen LogP contribution in [0.15, 0.2) is 23.8 Å². The van der Waals surface area contributed by atoms with Crippen LogP contribution in [0.25, 0.3) is 0 Å². The standard InChI is InChI=1S/C14H20/c1-10-5-7-11(8-6-10)13-4-2-3-12-9-14(12)13/h2-4,10-12,14H,5-9H2,1H3. The van der Waals surface area contributed by atoms with Gasteiger partial charge in [0.1, 0.15) is 0 Å². The second kappa shape index (κ2) is 3.25. The molecule has 3 aliphatic rings. The number of fused-ring (bicyclic) bond motifs is 1. The normalized spacial score (nSPS) is 45.6. The van der Waals surface area contributed by atoms with Crippen molar-refractivity contribution in [3.63, 3.8) is 0 Å². The van der Waals surface area contributed by atoms with Crippen LogP contribution in [0.1, 0.15) is 39.0 Å². The zero-order chi connectivity index (χ0) is 9.54. The molecule has 0 heteroatoms. The van der Waals surface area contributed by atoms with Crippen LogP contribution in [0.2, 0.25) is 0 Å². The molecule has 0 amide bonds. The molecular formula is C14H20. The van der Waals surface area contributed by atoms with Crippen LogP contribution in [0.3, 0.4) is 0 Å². The van der Waals surface area contributed by atoms with Gasteiger partial charge in [-0.2, -0.15) is 0 Å². The van der Waals surface area contributed by atoms with Crippen molar-refractivity contribution in [1.82, 2.24) is 0 Å². The lowest BCUT2D eigenvalue weighted by Gasteiger charge is -2.29. The molecule has 0 saturated heterocycles. The third-order valence-electron chi connectivity index (χ3n) is 4.40. The van der Waals surface area contributed by atoms with Crippen molar-refractivity contribution in [1.29, 1.82) is 0 Å². The zero-order valence-electron chi connectivity index (χ0n) is 9.08. The lowest BCUT2D eigenvalue weighted by Crippen LogP contribution is -2.16. The zero-order valence-corrected chi connectivity index (χ0v) is 9.08. The molecule has 0 bridgehead atoms. The third kappa shape index (κ3) is 1.45. The van der Waals surface area contributed by atoms with Crippen LogP contribution >= 0.6 is 0 Å². The maximum absolute atomic E-state index is 2.43. The van der Waals surface area contributed by atoms with Crippen LogP contribution in [0, 0.1) is 23.7 Å². The van der Waals surface area contributed by atoms with Crippen LogP contribution in [0.4, 0.5) is 0 Å². The number of hydrogen-bond acceptors (Lipinski definition) is 0. The number of hydrogen-bond donors (Lipinski definition) is 0. The van der Waals surface area contributed by atoms with E-state index in [1.165, 1.54) is 32.1 Å². The van der Waals surface area contributed by atoms with E-state index in [1.54, 1.807) is 0 Å². The predicted molar refractivity (Wildman–Crippen MR) is 59.9 cm³/mol. The van der Waals surface area contributed by atoms with Gasteiger partial charge in [-0.15, -0.1) is 0 Å². The van der Waals surface area contributed by atoms with Crippen molar-refractivity contribution in [2.24, 2.45) is 23.7 Å². The Morgan fingerprint density at radius 3 is 2.71 bits per heavy atom. The van der Waals surface area contributed by atoms with E-state index in [0.29, 0.717) is 0 Å². The Morgan fingerprint density at radius 1 is 1.14 bits per heavy atom. The summed E-state index contributed by atoms with van der Waals surface area (Å²) >= 11 is 0. The molecule has 2 atom stereocenters. The van der Waals surface area contributed by atoms with Gasteiger partial charge in [0.25, 0.3) is 0 Å². The van der Waals surface area contributed by atoms with Crippen molar-refractivity contribution in [3.05, 3.63) is 23.8 Å². The molecule has 3 rings (SSSR count). The molecule has 3 aliphatic carbocycles. The van der Waals surface area contributed by atoms with Gasteiger partial charge in [0.2, 0.25) is 0 Å². The fourth-order valence-corrected chi connectivity index (χ4v) is 3.28. The average molecular weight is 188 g/mol. The number of rotatable bonds is 1. The van der Waals surface area contributed by atoms with Crippen molar-refractivity contribution in [2.75, 3.05) is 0 Å². The molecule has 0 N–H and O–H groups in total. The van der Waals surface area contributed by atoms with Crippen LogP contribution in [-0.4, -0.2) is 0 Å². The summed E-state index contributed by atoms with van der Waals surface area (Å²) in [5.74, 6) is 3.85. The van der Waals surface area contributed by atoms with Gasteiger partial charge >= 0.3 is 0 Å². The van der Waals surface area contributed by atoms with Gasteiger partial charge in [-0.05, 0) is 42.9 Å². The number of allylic oxidation sites excluding steroid dienone is 4. The van der Waals surface area contributed by atoms with E-state index in [4.69, 9.17) is 0 Å².